The summed E-state index contributed by atoms with van der Waals surface area (Å²) in [5.41, 5.74) is 7.30. The van der Waals surface area contributed by atoms with Crippen LogP contribution >= 0.6 is 0 Å². The standard InChI is InChI=1S/C10H15F2N3O/c1-6-9(13)4-14-15(6)8-2-7(3-8)5-16-10(11)12/h4,7-8,10H,2-3,5,13H2,1H3/t7-,8-. The third-order valence-corrected chi connectivity index (χ3v) is 3.10. The van der Waals surface area contributed by atoms with Crippen molar-refractivity contribution in [2.75, 3.05) is 12.3 Å². The molecule has 2 rings (SSSR count). The highest BCUT2D eigenvalue weighted by molar-refractivity contribution is 5.40. The summed E-state index contributed by atoms with van der Waals surface area (Å²) in [5, 5.41) is 4.17. The Morgan fingerprint density at radius 1 is 1.62 bits per heavy atom. The topological polar surface area (TPSA) is 53.1 Å². The number of ether oxygens (including phenoxy) is 1. The van der Waals surface area contributed by atoms with Crippen molar-refractivity contribution in [1.29, 1.82) is 0 Å². The molecule has 0 aliphatic heterocycles. The lowest BCUT2D eigenvalue weighted by molar-refractivity contribution is -0.146. The molecule has 0 bridgehead atoms. The highest BCUT2D eigenvalue weighted by Gasteiger charge is 2.32. The van der Waals surface area contributed by atoms with Crippen molar-refractivity contribution in [2.24, 2.45) is 5.92 Å². The Morgan fingerprint density at radius 2 is 2.31 bits per heavy atom. The smallest absolute Gasteiger partial charge is 0.345 e. The summed E-state index contributed by atoms with van der Waals surface area (Å²) in [6, 6.07) is 0.281. The van der Waals surface area contributed by atoms with E-state index in [0.29, 0.717) is 5.69 Å². The minimum atomic E-state index is -2.67. The van der Waals surface area contributed by atoms with Gasteiger partial charge < -0.3 is 10.5 Å². The molecule has 16 heavy (non-hydrogen) atoms. The second-order valence-corrected chi connectivity index (χ2v) is 4.22. The summed E-state index contributed by atoms with van der Waals surface area (Å²) < 4.78 is 29.7. The first kappa shape index (κ1) is 11.3. The molecule has 0 saturated heterocycles. The number of alkyl halides is 2. The molecule has 0 spiro atoms. The Hall–Kier alpha value is -1.17. The quantitative estimate of drug-likeness (QED) is 0.861. The summed E-state index contributed by atoms with van der Waals surface area (Å²) in [6.45, 7) is -0.629. The molecule has 6 heteroatoms. The van der Waals surface area contributed by atoms with Crippen molar-refractivity contribution in [3.63, 3.8) is 0 Å². The van der Waals surface area contributed by atoms with Crippen LogP contribution in [-0.4, -0.2) is 23.0 Å². The Bertz CT molecular complexity index is 361. The van der Waals surface area contributed by atoms with Crippen molar-refractivity contribution in [3.8, 4) is 0 Å². The lowest BCUT2D eigenvalue weighted by atomic mass is 9.81. The molecular formula is C10H15F2N3O. The number of nitrogens with zero attached hydrogens (tertiary/aromatic N) is 2. The van der Waals surface area contributed by atoms with E-state index in [1.807, 2.05) is 11.6 Å². The van der Waals surface area contributed by atoms with Crippen molar-refractivity contribution in [3.05, 3.63) is 11.9 Å². The maximum absolute atomic E-state index is 11.8. The number of halogens is 2. The van der Waals surface area contributed by atoms with Crippen LogP contribution in [0.25, 0.3) is 0 Å². The third kappa shape index (κ3) is 2.16. The second-order valence-electron chi connectivity index (χ2n) is 4.22. The molecule has 4 nitrogen and oxygen atoms in total. The Kier molecular flexibility index (Phi) is 3.09. The predicted octanol–water partition coefficient (Wildman–Crippen LogP) is 1.96. The molecule has 2 N–H and O–H groups in total. The zero-order chi connectivity index (χ0) is 11.7. The molecule has 0 atom stereocenters. The Labute approximate surface area is 92.4 Å². The number of nitrogens with two attached hydrogens (primary N) is 1. The molecule has 0 radical (unpaired) electrons. The van der Waals surface area contributed by atoms with Gasteiger partial charge in [-0.15, -0.1) is 0 Å². The van der Waals surface area contributed by atoms with Crippen molar-refractivity contribution in [1.82, 2.24) is 9.78 Å². The van der Waals surface area contributed by atoms with Gasteiger partial charge in [0.1, 0.15) is 0 Å². The molecule has 1 fully saturated rings. The minimum Gasteiger partial charge on any atom is -0.396 e. The fraction of sp³-hybridized carbons (Fsp3) is 0.700. The maximum atomic E-state index is 11.8. The van der Waals surface area contributed by atoms with Crippen LogP contribution in [0.4, 0.5) is 14.5 Å². The number of nitrogen functional groups attached to an aromatic ring is 1. The summed E-state index contributed by atoms with van der Waals surface area (Å²) >= 11 is 0. The first-order valence-corrected chi connectivity index (χ1v) is 5.27. The van der Waals surface area contributed by atoms with E-state index < -0.39 is 6.61 Å². The first-order chi connectivity index (χ1) is 7.58. The fourth-order valence-electron chi connectivity index (χ4n) is 2.05. The average Bonchev–Trinajstić information content (AvgIpc) is 2.46. The Balaban J connectivity index is 1.82. The van der Waals surface area contributed by atoms with E-state index in [1.54, 1.807) is 6.20 Å². The first-order valence-electron chi connectivity index (χ1n) is 5.27. The van der Waals surface area contributed by atoms with Gasteiger partial charge in [-0.2, -0.15) is 13.9 Å². The number of hydrogen-bond acceptors (Lipinski definition) is 3. The highest BCUT2D eigenvalue weighted by Crippen LogP contribution is 2.38. The van der Waals surface area contributed by atoms with Gasteiger partial charge in [-0.3, -0.25) is 4.68 Å². The minimum absolute atomic E-state index is 0.129. The largest absolute Gasteiger partial charge is 0.396 e. The van der Waals surface area contributed by atoms with E-state index >= 15 is 0 Å². The molecule has 90 valence electrons. The molecule has 1 saturated carbocycles. The zero-order valence-electron chi connectivity index (χ0n) is 9.07. The van der Waals surface area contributed by atoms with Crippen LogP contribution in [0.15, 0.2) is 6.20 Å². The zero-order valence-corrected chi connectivity index (χ0v) is 9.07. The van der Waals surface area contributed by atoms with E-state index in [2.05, 4.69) is 9.84 Å². The van der Waals surface area contributed by atoms with E-state index in [0.717, 1.165) is 18.5 Å². The van der Waals surface area contributed by atoms with Gasteiger partial charge in [0.15, 0.2) is 0 Å². The monoisotopic (exact) mass is 231 g/mol. The molecular weight excluding hydrogens is 216 g/mol. The molecule has 1 aliphatic carbocycles. The van der Waals surface area contributed by atoms with Crippen LogP contribution in [0.1, 0.15) is 24.6 Å². The van der Waals surface area contributed by atoms with Crippen molar-refractivity contribution in [2.45, 2.75) is 32.4 Å². The van der Waals surface area contributed by atoms with Gasteiger partial charge in [0.05, 0.1) is 30.2 Å². The maximum Gasteiger partial charge on any atom is 0.345 e. The number of aromatic nitrogens is 2. The lowest BCUT2D eigenvalue weighted by Gasteiger charge is -2.35. The molecule has 0 unspecified atom stereocenters. The van der Waals surface area contributed by atoms with Gasteiger partial charge in [0.2, 0.25) is 0 Å². The van der Waals surface area contributed by atoms with E-state index in [-0.39, 0.29) is 18.6 Å². The van der Waals surface area contributed by atoms with Crippen LogP contribution in [0.3, 0.4) is 0 Å². The van der Waals surface area contributed by atoms with E-state index in [9.17, 15) is 8.78 Å². The van der Waals surface area contributed by atoms with Crippen LogP contribution in [-0.2, 0) is 4.74 Å². The highest BCUT2D eigenvalue weighted by atomic mass is 19.3. The van der Waals surface area contributed by atoms with Crippen LogP contribution in [0, 0.1) is 12.8 Å². The van der Waals surface area contributed by atoms with Gasteiger partial charge in [-0.25, -0.2) is 0 Å². The Morgan fingerprint density at radius 3 is 2.81 bits per heavy atom. The summed E-state index contributed by atoms with van der Waals surface area (Å²) in [5.74, 6) is 0.212. The summed E-state index contributed by atoms with van der Waals surface area (Å²) in [6.07, 6.45) is 3.28. The third-order valence-electron chi connectivity index (χ3n) is 3.10. The second kappa shape index (κ2) is 4.37. The van der Waals surface area contributed by atoms with E-state index in [1.165, 1.54) is 0 Å². The SMILES string of the molecule is Cc1c(N)cnn1[C@H]1C[C@H](COC(F)F)C1. The van der Waals surface area contributed by atoms with E-state index in [4.69, 9.17) is 5.73 Å². The average molecular weight is 231 g/mol. The van der Waals surface area contributed by atoms with Crippen LogP contribution in [0.5, 0.6) is 0 Å². The number of rotatable bonds is 4. The molecule has 1 aliphatic rings. The van der Waals surface area contributed by atoms with Gasteiger partial charge in [-0.1, -0.05) is 0 Å². The number of anilines is 1. The van der Waals surface area contributed by atoms with Crippen LogP contribution < -0.4 is 5.73 Å². The summed E-state index contributed by atoms with van der Waals surface area (Å²) in [7, 11) is 0. The van der Waals surface area contributed by atoms with Crippen molar-refractivity contribution >= 4 is 5.69 Å². The predicted molar refractivity (Wildman–Crippen MR) is 55.1 cm³/mol. The van der Waals surface area contributed by atoms with Crippen molar-refractivity contribution < 1.29 is 13.5 Å². The van der Waals surface area contributed by atoms with Gasteiger partial charge in [0, 0.05) is 0 Å². The van der Waals surface area contributed by atoms with Gasteiger partial charge in [0.25, 0.3) is 0 Å². The molecule has 1 aromatic rings. The molecule has 1 heterocycles. The fourth-order valence-corrected chi connectivity index (χ4v) is 2.05. The normalized spacial score (nSPS) is 24.8. The number of hydrogen-bond donors (Lipinski definition) is 1. The molecule has 1 aromatic heterocycles. The van der Waals surface area contributed by atoms with Crippen LogP contribution in [0.2, 0.25) is 0 Å². The summed E-state index contributed by atoms with van der Waals surface area (Å²) in [4.78, 5) is 0. The van der Waals surface area contributed by atoms with Gasteiger partial charge >= 0.3 is 6.61 Å². The van der Waals surface area contributed by atoms with Gasteiger partial charge in [-0.05, 0) is 25.7 Å². The molecule has 0 aromatic carbocycles. The lowest BCUT2D eigenvalue weighted by Crippen LogP contribution is -2.31. The molecule has 0 amide bonds.